The highest BCUT2D eigenvalue weighted by Crippen LogP contribution is 2.31. The van der Waals surface area contributed by atoms with Gasteiger partial charge in [-0.25, -0.2) is 9.97 Å². The maximum Gasteiger partial charge on any atom is 0.416 e. The summed E-state index contributed by atoms with van der Waals surface area (Å²) in [5.74, 6) is 0.692. The number of aromatic nitrogens is 6. The van der Waals surface area contributed by atoms with E-state index in [2.05, 4.69) is 35.8 Å². The molecule has 0 bridgehead atoms. The molecule has 4 rings (SSSR count). The summed E-state index contributed by atoms with van der Waals surface area (Å²) < 4.78 is 41.7. The van der Waals surface area contributed by atoms with Gasteiger partial charge in [0.2, 0.25) is 0 Å². The van der Waals surface area contributed by atoms with Crippen LogP contribution in [0, 0.1) is 0 Å². The van der Waals surface area contributed by atoms with Crippen molar-refractivity contribution in [2.45, 2.75) is 39.2 Å². The Bertz CT molecular complexity index is 1320. The third-order valence-electron chi connectivity index (χ3n) is 5.35. The van der Waals surface area contributed by atoms with Crippen LogP contribution < -0.4 is 10.6 Å². The van der Waals surface area contributed by atoms with Crippen LogP contribution >= 0.6 is 0 Å². The molecule has 0 aliphatic carbocycles. The molecule has 3 aromatic heterocycles. The van der Waals surface area contributed by atoms with E-state index in [-0.39, 0.29) is 24.2 Å². The van der Waals surface area contributed by atoms with Crippen molar-refractivity contribution in [1.29, 1.82) is 0 Å². The summed E-state index contributed by atoms with van der Waals surface area (Å²) in [5.41, 5.74) is 0.485. The Hall–Kier alpha value is -4.35. The van der Waals surface area contributed by atoms with E-state index < -0.39 is 17.6 Å². The fourth-order valence-electron chi connectivity index (χ4n) is 3.67. The van der Waals surface area contributed by atoms with Gasteiger partial charge in [-0.3, -0.25) is 9.78 Å². The number of nitrogens with zero attached hydrogens (tertiary/aromatic N) is 6. The number of hydrogen-bond donors (Lipinski definition) is 2. The summed E-state index contributed by atoms with van der Waals surface area (Å²) in [6, 6.07) is 8.38. The highest BCUT2D eigenvalue weighted by atomic mass is 19.4. The van der Waals surface area contributed by atoms with Gasteiger partial charge in [-0.1, -0.05) is 25.1 Å². The van der Waals surface area contributed by atoms with Crippen LogP contribution in [0.5, 0.6) is 0 Å². The Labute approximate surface area is 204 Å². The van der Waals surface area contributed by atoms with Crippen LogP contribution in [0.3, 0.4) is 0 Å². The SMILES string of the molecule is CCCn1c(CNc2cnccc2C(=O)NCc2ccccc2C(F)(F)F)nnc1-c1ccncn1. The summed E-state index contributed by atoms with van der Waals surface area (Å²) in [5, 5.41) is 14.3. The van der Waals surface area contributed by atoms with Crippen molar-refractivity contribution in [3.8, 4) is 11.5 Å². The Balaban J connectivity index is 1.49. The average Bonchev–Trinajstić information content (AvgIpc) is 3.29. The molecule has 0 unspecified atom stereocenters. The number of benzene rings is 1. The van der Waals surface area contributed by atoms with Gasteiger partial charge in [-0.2, -0.15) is 13.2 Å². The van der Waals surface area contributed by atoms with Crippen molar-refractivity contribution in [3.05, 3.63) is 83.8 Å². The predicted molar refractivity (Wildman–Crippen MR) is 126 cm³/mol. The van der Waals surface area contributed by atoms with Gasteiger partial charge >= 0.3 is 6.18 Å². The van der Waals surface area contributed by atoms with E-state index in [0.717, 1.165) is 12.5 Å². The van der Waals surface area contributed by atoms with Crippen LogP contribution in [0.1, 0.15) is 40.7 Å². The van der Waals surface area contributed by atoms with Crippen molar-refractivity contribution in [3.63, 3.8) is 0 Å². The number of halogens is 3. The number of carbonyl (C=O) groups excluding carboxylic acids is 1. The Kier molecular flexibility index (Phi) is 7.52. The van der Waals surface area contributed by atoms with E-state index in [1.165, 1.54) is 43.0 Å². The monoisotopic (exact) mass is 496 g/mol. The summed E-state index contributed by atoms with van der Waals surface area (Å²) >= 11 is 0. The highest BCUT2D eigenvalue weighted by Gasteiger charge is 2.32. The molecule has 0 radical (unpaired) electrons. The van der Waals surface area contributed by atoms with Crippen molar-refractivity contribution >= 4 is 11.6 Å². The van der Waals surface area contributed by atoms with Gasteiger partial charge in [-0.15, -0.1) is 10.2 Å². The first kappa shape index (κ1) is 24.8. The Morgan fingerprint density at radius 3 is 2.58 bits per heavy atom. The number of alkyl halides is 3. The van der Waals surface area contributed by atoms with Crippen LogP contribution in [0.25, 0.3) is 11.5 Å². The first-order chi connectivity index (χ1) is 17.4. The van der Waals surface area contributed by atoms with E-state index in [1.54, 1.807) is 12.3 Å². The van der Waals surface area contributed by atoms with Gasteiger partial charge < -0.3 is 15.2 Å². The van der Waals surface area contributed by atoms with Crippen LogP contribution in [-0.2, 0) is 25.8 Å². The van der Waals surface area contributed by atoms with Crippen molar-refractivity contribution < 1.29 is 18.0 Å². The number of amides is 1. The molecular weight excluding hydrogens is 473 g/mol. The van der Waals surface area contributed by atoms with Crippen molar-refractivity contribution in [2.24, 2.45) is 0 Å². The zero-order valence-electron chi connectivity index (χ0n) is 19.3. The fourth-order valence-corrected chi connectivity index (χ4v) is 3.67. The standard InChI is InChI=1S/C24H23F3N8O/c1-2-11-35-21(33-34-22(35)19-8-10-29-15-32-19)14-30-20-13-28-9-7-17(20)23(36)31-12-16-5-3-4-6-18(16)24(25,26)27/h3-10,13,15,30H,2,11-12,14H2,1H3,(H,31,36). The molecule has 0 aliphatic heterocycles. The first-order valence-corrected chi connectivity index (χ1v) is 11.2. The zero-order chi connectivity index (χ0) is 25.5. The molecule has 1 aromatic carbocycles. The molecule has 3 heterocycles. The first-order valence-electron chi connectivity index (χ1n) is 11.2. The minimum Gasteiger partial charge on any atom is -0.376 e. The molecule has 186 valence electrons. The molecule has 0 aliphatic rings. The molecule has 9 nitrogen and oxygen atoms in total. The third-order valence-corrected chi connectivity index (χ3v) is 5.35. The molecule has 0 atom stereocenters. The van der Waals surface area contributed by atoms with Gasteiger partial charge in [0.05, 0.1) is 29.6 Å². The van der Waals surface area contributed by atoms with Gasteiger partial charge in [0.1, 0.15) is 12.0 Å². The molecule has 4 aromatic rings. The molecule has 12 heteroatoms. The molecule has 0 saturated heterocycles. The maximum atomic E-state index is 13.3. The molecular formula is C24H23F3N8O. The molecule has 36 heavy (non-hydrogen) atoms. The number of hydrogen-bond acceptors (Lipinski definition) is 7. The zero-order valence-corrected chi connectivity index (χ0v) is 19.3. The van der Waals surface area contributed by atoms with Gasteiger partial charge in [0.25, 0.3) is 5.91 Å². The smallest absolute Gasteiger partial charge is 0.376 e. The number of carbonyl (C=O) groups is 1. The molecule has 0 fully saturated rings. The van der Waals surface area contributed by atoms with E-state index in [1.807, 2.05) is 11.5 Å². The lowest BCUT2D eigenvalue weighted by Crippen LogP contribution is -2.25. The number of nitrogens with one attached hydrogen (secondary N) is 2. The fraction of sp³-hybridized carbons (Fsp3) is 0.250. The summed E-state index contributed by atoms with van der Waals surface area (Å²) in [6.45, 7) is 2.65. The number of rotatable bonds is 9. The topological polar surface area (TPSA) is 111 Å². The van der Waals surface area contributed by atoms with E-state index in [9.17, 15) is 18.0 Å². The van der Waals surface area contributed by atoms with Gasteiger partial charge in [0, 0.05) is 25.5 Å². The molecule has 0 spiro atoms. The van der Waals surface area contributed by atoms with Gasteiger partial charge in [-0.05, 0) is 30.2 Å². The summed E-state index contributed by atoms with van der Waals surface area (Å²) in [7, 11) is 0. The Morgan fingerprint density at radius 2 is 1.83 bits per heavy atom. The van der Waals surface area contributed by atoms with E-state index >= 15 is 0 Å². The predicted octanol–water partition coefficient (Wildman–Crippen LogP) is 4.10. The lowest BCUT2D eigenvalue weighted by atomic mass is 10.1. The largest absolute Gasteiger partial charge is 0.416 e. The lowest BCUT2D eigenvalue weighted by Gasteiger charge is -2.15. The third kappa shape index (κ3) is 5.65. The lowest BCUT2D eigenvalue weighted by molar-refractivity contribution is -0.138. The summed E-state index contributed by atoms with van der Waals surface area (Å²) in [6.07, 6.45) is 2.30. The minimum atomic E-state index is -4.51. The summed E-state index contributed by atoms with van der Waals surface area (Å²) in [4.78, 5) is 25.1. The Morgan fingerprint density at radius 1 is 1.03 bits per heavy atom. The number of anilines is 1. The van der Waals surface area contributed by atoms with Crippen LogP contribution in [0.4, 0.5) is 18.9 Å². The van der Waals surface area contributed by atoms with Crippen LogP contribution in [0.15, 0.2) is 61.3 Å². The second-order valence-electron chi connectivity index (χ2n) is 7.80. The second-order valence-corrected chi connectivity index (χ2v) is 7.80. The number of pyridine rings is 1. The normalized spacial score (nSPS) is 11.3. The van der Waals surface area contributed by atoms with Crippen molar-refractivity contribution in [2.75, 3.05) is 5.32 Å². The van der Waals surface area contributed by atoms with E-state index in [4.69, 9.17) is 0 Å². The van der Waals surface area contributed by atoms with Crippen LogP contribution in [-0.4, -0.2) is 35.6 Å². The van der Waals surface area contributed by atoms with E-state index in [0.29, 0.717) is 29.6 Å². The van der Waals surface area contributed by atoms with Crippen LogP contribution in [0.2, 0.25) is 0 Å². The molecule has 2 N–H and O–H groups in total. The second kappa shape index (κ2) is 10.9. The molecule has 0 saturated carbocycles. The highest BCUT2D eigenvalue weighted by molar-refractivity contribution is 5.99. The molecule has 1 amide bonds. The maximum absolute atomic E-state index is 13.3. The van der Waals surface area contributed by atoms with Crippen molar-refractivity contribution in [1.82, 2.24) is 35.0 Å². The average molecular weight is 496 g/mol. The van der Waals surface area contributed by atoms with Gasteiger partial charge in [0.15, 0.2) is 11.6 Å². The minimum absolute atomic E-state index is 0.0215. The quantitative estimate of drug-likeness (QED) is 0.359.